The summed E-state index contributed by atoms with van der Waals surface area (Å²) < 4.78 is 15.4. The third-order valence-electron chi connectivity index (χ3n) is 5.93. The van der Waals surface area contributed by atoms with Crippen molar-refractivity contribution in [1.82, 2.24) is 20.1 Å². The van der Waals surface area contributed by atoms with E-state index in [9.17, 15) is 28.8 Å². The molecule has 1 aliphatic heterocycles. The van der Waals surface area contributed by atoms with Crippen LogP contribution in [0, 0.1) is 0 Å². The van der Waals surface area contributed by atoms with Crippen molar-refractivity contribution in [2.45, 2.75) is 30.1 Å². The van der Waals surface area contributed by atoms with Crippen LogP contribution in [-0.4, -0.2) is 103 Å². The number of nitrogens with one attached hydrogen (secondary N) is 4. The molecule has 238 valence electrons. The molecule has 0 radical (unpaired) electrons. The molecule has 0 spiro atoms. The average molecular weight is 712 g/mol. The van der Waals surface area contributed by atoms with E-state index in [0.29, 0.717) is 23.3 Å². The number of urea groups is 1. The van der Waals surface area contributed by atoms with E-state index in [1.165, 1.54) is 29.9 Å². The standard InChI is InChI=1S/C24H33N5O8S6/c1-36-21(32)17(11-41-28-16(10-39)23(34)40)26-24(35)29-7-15(14-5-3-4-6-19(14)29)20(31)25-18(22(33)37-2)12-42-43-27-13(8-30)9-38/h3-6,8,13,15-18,27-28,38-39H,7,9-12H2,1-2H3,(H,25,31)(H,26,35)(H,34,40)/t13-,15?,16+,17?,18?/m1/s1. The topological polar surface area (TPSA) is 172 Å². The maximum atomic E-state index is 13.4. The molecule has 13 nitrogen and oxygen atoms in total. The maximum Gasteiger partial charge on any atom is 0.329 e. The summed E-state index contributed by atoms with van der Waals surface area (Å²) in [4.78, 5) is 75.4. The molecule has 0 saturated heterocycles. The van der Waals surface area contributed by atoms with E-state index in [2.05, 4.69) is 58.0 Å². The minimum absolute atomic E-state index is 0.0239. The third-order valence-corrected chi connectivity index (χ3v) is 9.98. The molecule has 1 heterocycles. The van der Waals surface area contributed by atoms with E-state index < -0.39 is 59.1 Å². The zero-order valence-corrected chi connectivity index (χ0v) is 28.2. The van der Waals surface area contributed by atoms with Crippen molar-refractivity contribution in [3.63, 3.8) is 0 Å². The number of esters is 2. The molecule has 3 unspecified atom stereocenters. The van der Waals surface area contributed by atoms with Crippen LogP contribution in [0.25, 0.3) is 0 Å². The number of carbonyl (C=O) groups is 6. The van der Waals surface area contributed by atoms with E-state index in [-0.39, 0.29) is 23.8 Å². The number of amides is 3. The van der Waals surface area contributed by atoms with Crippen LogP contribution in [0.15, 0.2) is 24.3 Å². The highest BCUT2D eigenvalue weighted by molar-refractivity contribution is 8.76. The summed E-state index contributed by atoms with van der Waals surface area (Å²) in [5.74, 6) is -2.06. The van der Waals surface area contributed by atoms with Gasteiger partial charge in [-0.25, -0.2) is 19.1 Å². The Labute approximate surface area is 278 Å². The Morgan fingerprint density at radius 3 is 2.21 bits per heavy atom. The first-order valence-corrected chi connectivity index (χ1v) is 17.6. The number of rotatable bonds is 18. The Balaban J connectivity index is 2.11. The minimum Gasteiger partial charge on any atom is -0.467 e. The predicted octanol–water partition coefficient (Wildman–Crippen LogP) is 0.875. The molecule has 2 rings (SSSR count). The highest BCUT2D eigenvalue weighted by Crippen LogP contribution is 2.36. The van der Waals surface area contributed by atoms with Gasteiger partial charge in [0.25, 0.3) is 0 Å². The lowest BCUT2D eigenvalue weighted by atomic mass is 10.0. The minimum atomic E-state index is -1.08. The van der Waals surface area contributed by atoms with Gasteiger partial charge in [-0.15, -0.1) is 12.6 Å². The number of benzene rings is 1. The van der Waals surface area contributed by atoms with Crippen LogP contribution in [-0.2, 0) is 33.4 Å². The lowest BCUT2D eigenvalue weighted by Crippen LogP contribution is -2.51. The zero-order chi connectivity index (χ0) is 31.9. The number of ether oxygens (including phenoxy) is 2. The summed E-state index contributed by atoms with van der Waals surface area (Å²) in [6.45, 7) is -0.0630. The number of hydrogen-bond acceptors (Lipinski definition) is 15. The van der Waals surface area contributed by atoms with Gasteiger partial charge in [0.05, 0.1) is 32.2 Å². The Morgan fingerprint density at radius 1 is 0.977 bits per heavy atom. The number of anilines is 1. The van der Waals surface area contributed by atoms with Crippen molar-refractivity contribution in [2.75, 3.05) is 48.7 Å². The first-order chi connectivity index (χ1) is 20.6. The van der Waals surface area contributed by atoms with Gasteiger partial charge in [-0.1, -0.05) is 40.9 Å². The second-order valence-electron chi connectivity index (χ2n) is 8.74. The highest BCUT2D eigenvalue weighted by atomic mass is 33.1. The molecule has 0 aromatic heterocycles. The molecule has 0 saturated carbocycles. The van der Waals surface area contributed by atoms with Gasteiger partial charge < -0.3 is 24.9 Å². The van der Waals surface area contributed by atoms with Crippen molar-refractivity contribution in [3.05, 3.63) is 29.8 Å². The van der Waals surface area contributed by atoms with Crippen LogP contribution in [0.3, 0.4) is 0 Å². The summed E-state index contributed by atoms with van der Waals surface area (Å²) >= 11 is 13.0. The van der Waals surface area contributed by atoms with Gasteiger partial charge in [-0.05, 0) is 22.6 Å². The highest BCUT2D eigenvalue weighted by Gasteiger charge is 2.39. The summed E-state index contributed by atoms with van der Waals surface area (Å²) in [6, 6.07) is 2.92. The fourth-order valence-electron chi connectivity index (χ4n) is 3.65. The third kappa shape index (κ3) is 11.3. The number of carbonyl (C=O) groups excluding carboxylic acids is 6. The lowest BCUT2D eigenvalue weighted by molar-refractivity contribution is -0.144. The van der Waals surface area contributed by atoms with Gasteiger partial charge in [0.2, 0.25) is 11.0 Å². The normalized spacial score (nSPS) is 16.7. The molecule has 19 heteroatoms. The smallest absolute Gasteiger partial charge is 0.329 e. The van der Waals surface area contributed by atoms with Crippen molar-refractivity contribution in [3.8, 4) is 0 Å². The van der Waals surface area contributed by atoms with E-state index in [1.54, 1.807) is 24.3 Å². The lowest BCUT2D eigenvalue weighted by Gasteiger charge is -2.23. The van der Waals surface area contributed by atoms with Gasteiger partial charge in [0, 0.05) is 35.2 Å². The number of aldehydes is 1. The van der Waals surface area contributed by atoms with Crippen LogP contribution < -0.4 is 25.0 Å². The Bertz CT molecular complexity index is 1150. The van der Waals surface area contributed by atoms with Crippen molar-refractivity contribution in [1.29, 1.82) is 0 Å². The van der Waals surface area contributed by atoms with Gasteiger partial charge in [0.15, 0.2) is 0 Å². The zero-order valence-electron chi connectivity index (χ0n) is 23.1. The Kier molecular flexibility index (Phi) is 17.1. The van der Waals surface area contributed by atoms with Crippen LogP contribution in [0.4, 0.5) is 10.5 Å². The van der Waals surface area contributed by atoms with Gasteiger partial charge >= 0.3 is 18.0 Å². The maximum absolute atomic E-state index is 13.4. The molecule has 0 bridgehead atoms. The fourth-order valence-corrected chi connectivity index (χ4v) is 7.53. The molecule has 1 aromatic carbocycles. The van der Waals surface area contributed by atoms with Crippen LogP contribution in [0.1, 0.15) is 11.5 Å². The number of thiol groups is 3. The first kappa shape index (κ1) is 37.4. The predicted molar refractivity (Wildman–Crippen MR) is 179 cm³/mol. The average Bonchev–Trinajstić information content (AvgIpc) is 3.41. The Morgan fingerprint density at radius 2 is 1.63 bits per heavy atom. The molecular formula is C24H33N5O8S6. The van der Waals surface area contributed by atoms with E-state index in [1.807, 2.05) is 0 Å². The molecule has 3 amide bonds. The van der Waals surface area contributed by atoms with Crippen molar-refractivity contribution >= 4 is 113 Å². The van der Waals surface area contributed by atoms with Crippen molar-refractivity contribution in [2.24, 2.45) is 0 Å². The number of hydrogen-bond donors (Lipinski definition) is 7. The second-order valence-corrected chi connectivity index (χ2v) is 13.0. The monoisotopic (exact) mass is 711 g/mol. The summed E-state index contributed by atoms with van der Waals surface area (Å²) in [5.41, 5.74) is 1.01. The second kappa shape index (κ2) is 19.6. The molecule has 1 aromatic rings. The molecule has 0 fully saturated rings. The molecular weight excluding hydrogens is 679 g/mol. The number of fused-ring (bicyclic) bond motifs is 1. The van der Waals surface area contributed by atoms with Crippen molar-refractivity contribution < 1.29 is 38.2 Å². The molecule has 5 atom stereocenters. The SMILES string of the molecule is COC(=O)C(CSSN[C@H](C=O)CS)NC(=O)C1CN(C(=O)NC(CSN[C@@H](CS)C(=O)S)C(=O)OC)c2ccccc21. The number of methoxy groups -OCH3 is 2. The number of nitrogens with zero attached hydrogens (tertiary/aromatic N) is 1. The summed E-state index contributed by atoms with van der Waals surface area (Å²) in [5, 5.41) is 4.91. The van der Waals surface area contributed by atoms with E-state index in [4.69, 9.17) is 9.47 Å². The van der Waals surface area contributed by atoms with Gasteiger partial charge in [0.1, 0.15) is 18.4 Å². The quantitative estimate of drug-likeness (QED) is 0.0286. The van der Waals surface area contributed by atoms with Gasteiger partial charge in [-0.3, -0.25) is 19.2 Å². The summed E-state index contributed by atoms with van der Waals surface area (Å²) in [7, 11) is 4.73. The van der Waals surface area contributed by atoms with Crippen LogP contribution in [0.2, 0.25) is 0 Å². The van der Waals surface area contributed by atoms with E-state index >= 15 is 0 Å². The molecule has 0 aliphatic carbocycles. The number of para-hydroxylation sites is 1. The van der Waals surface area contributed by atoms with Crippen LogP contribution >= 0.6 is 71.6 Å². The summed E-state index contributed by atoms with van der Waals surface area (Å²) in [6.07, 6.45) is 0.716. The van der Waals surface area contributed by atoms with Crippen LogP contribution in [0.5, 0.6) is 0 Å². The molecule has 4 N–H and O–H groups in total. The molecule has 1 aliphatic rings. The Hall–Kier alpha value is -1.74. The fraction of sp³-hybridized carbons (Fsp3) is 0.500. The molecule has 43 heavy (non-hydrogen) atoms. The van der Waals surface area contributed by atoms with E-state index in [0.717, 1.165) is 22.9 Å². The van der Waals surface area contributed by atoms with Gasteiger partial charge in [-0.2, -0.15) is 25.3 Å². The first-order valence-electron chi connectivity index (χ1n) is 12.6. The largest absolute Gasteiger partial charge is 0.467 e.